The van der Waals surface area contributed by atoms with E-state index in [9.17, 15) is 14.7 Å². The van der Waals surface area contributed by atoms with Gasteiger partial charge in [0.25, 0.3) is 0 Å². The average molecular weight is 318 g/mol. The van der Waals surface area contributed by atoms with E-state index in [4.69, 9.17) is 0 Å². The van der Waals surface area contributed by atoms with Crippen molar-refractivity contribution in [3.8, 4) is 5.75 Å². The zero-order valence-electron chi connectivity index (χ0n) is 10.2. The fraction of sp³-hybridized carbons (Fsp3) is 0.167. The van der Waals surface area contributed by atoms with Crippen LogP contribution in [0.15, 0.2) is 36.9 Å². The Kier molecular flexibility index (Phi) is 8.41. The van der Waals surface area contributed by atoms with E-state index in [0.29, 0.717) is 0 Å². The summed E-state index contributed by atoms with van der Waals surface area (Å²) in [6.07, 6.45) is 1.01. The first-order chi connectivity index (χ1) is 8.65. The minimum absolute atomic E-state index is 0. The SMILES string of the molecule is C=CC(=O)OCCOOC(=O)c1ccccc1O.[Zn]. The number of phenolic OH excluding ortho intramolecular Hbond substituents is 1. The molecule has 1 aromatic carbocycles. The van der Waals surface area contributed by atoms with E-state index in [-0.39, 0.29) is 44.0 Å². The second-order valence-electron chi connectivity index (χ2n) is 3.08. The van der Waals surface area contributed by atoms with Gasteiger partial charge >= 0.3 is 11.9 Å². The summed E-state index contributed by atoms with van der Waals surface area (Å²) < 4.78 is 4.58. The van der Waals surface area contributed by atoms with Gasteiger partial charge in [0.1, 0.15) is 24.5 Å². The summed E-state index contributed by atoms with van der Waals surface area (Å²) >= 11 is 0. The van der Waals surface area contributed by atoms with Gasteiger partial charge in [-0.15, -0.1) is 0 Å². The van der Waals surface area contributed by atoms with Crippen LogP contribution in [-0.2, 0) is 38.8 Å². The molecular weight excluding hydrogens is 306 g/mol. The molecule has 1 N–H and O–H groups in total. The van der Waals surface area contributed by atoms with Crippen LogP contribution in [0.3, 0.4) is 0 Å². The Hall–Kier alpha value is -1.72. The Bertz CT molecular complexity index is 446. The number of ether oxygens (including phenoxy) is 1. The van der Waals surface area contributed by atoms with Gasteiger partial charge in [-0.1, -0.05) is 18.7 Å². The number of phenols is 1. The van der Waals surface area contributed by atoms with Crippen molar-refractivity contribution in [2.45, 2.75) is 0 Å². The van der Waals surface area contributed by atoms with Crippen molar-refractivity contribution in [1.82, 2.24) is 0 Å². The second kappa shape index (κ2) is 9.24. The van der Waals surface area contributed by atoms with Crippen molar-refractivity contribution < 1.29 is 48.7 Å². The summed E-state index contributed by atoms with van der Waals surface area (Å²) in [5.41, 5.74) is -0.0133. The fourth-order valence-corrected chi connectivity index (χ4v) is 1.02. The van der Waals surface area contributed by atoms with Crippen LogP contribution in [0.2, 0.25) is 0 Å². The summed E-state index contributed by atoms with van der Waals surface area (Å²) in [6.45, 7) is 3.03. The normalized spacial score (nSPS) is 9.05. The number of aromatic hydroxyl groups is 1. The van der Waals surface area contributed by atoms with Gasteiger partial charge < -0.3 is 9.84 Å². The predicted molar refractivity (Wildman–Crippen MR) is 60.6 cm³/mol. The molecule has 0 spiro atoms. The molecule has 0 aromatic heterocycles. The Morgan fingerprint density at radius 2 is 1.95 bits per heavy atom. The maximum Gasteiger partial charge on any atom is 0.376 e. The number of para-hydroxylation sites is 1. The van der Waals surface area contributed by atoms with E-state index in [1.54, 1.807) is 12.1 Å². The topological polar surface area (TPSA) is 82.1 Å². The molecule has 98 valence electrons. The van der Waals surface area contributed by atoms with Crippen LogP contribution in [-0.4, -0.2) is 30.3 Å². The first kappa shape index (κ1) is 17.3. The number of esters is 1. The van der Waals surface area contributed by atoms with Crippen molar-refractivity contribution in [2.75, 3.05) is 13.2 Å². The van der Waals surface area contributed by atoms with Crippen molar-refractivity contribution in [3.63, 3.8) is 0 Å². The van der Waals surface area contributed by atoms with Gasteiger partial charge in [-0.25, -0.2) is 9.59 Å². The zero-order chi connectivity index (χ0) is 13.4. The zero-order valence-corrected chi connectivity index (χ0v) is 13.2. The maximum atomic E-state index is 11.4. The summed E-state index contributed by atoms with van der Waals surface area (Å²) in [7, 11) is 0. The molecule has 0 fully saturated rings. The smallest absolute Gasteiger partial charge is 0.376 e. The summed E-state index contributed by atoms with van der Waals surface area (Å²) in [5, 5.41) is 9.35. The third-order valence-corrected chi connectivity index (χ3v) is 1.84. The maximum absolute atomic E-state index is 11.4. The molecule has 0 atom stereocenters. The van der Waals surface area contributed by atoms with Crippen molar-refractivity contribution in [2.24, 2.45) is 0 Å². The molecule has 1 aromatic rings. The summed E-state index contributed by atoms with van der Waals surface area (Å²) in [6, 6.07) is 5.88. The molecule has 0 aliphatic carbocycles. The minimum Gasteiger partial charge on any atom is -0.507 e. The number of hydrogen-bond donors (Lipinski definition) is 1. The molecule has 0 bridgehead atoms. The van der Waals surface area contributed by atoms with Crippen LogP contribution < -0.4 is 0 Å². The number of benzene rings is 1. The molecular formula is C12H12O6Zn. The fourth-order valence-electron chi connectivity index (χ4n) is 1.02. The molecule has 0 aliphatic rings. The van der Waals surface area contributed by atoms with E-state index >= 15 is 0 Å². The molecule has 0 saturated heterocycles. The van der Waals surface area contributed by atoms with Gasteiger partial charge in [-0.05, 0) is 12.1 Å². The van der Waals surface area contributed by atoms with E-state index in [1.807, 2.05) is 0 Å². The van der Waals surface area contributed by atoms with Gasteiger partial charge in [0.05, 0.1) is 0 Å². The molecule has 0 unspecified atom stereocenters. The van der Waals surface area contributed by atoms with Crippen LogP contribution in [0.4, 0.5) is 0 Å². The first-order valence-corrected chi connectivity index (χ1v) is 5.06. The number of carbonyl (C=O) groups is 2. The van der Waals surface area contributed by atoms with E-state index in [2.05, 4.69) is 21.1 Å². The Balaban J connectivity index is 0.00000324. The molecule has 19 heavy (non-hydrogen) atoms. The van der Waals surface area contributed by atoms with Gasteiger partial charge in [0.2, 0.25) is 0 Å². The van der Waals surface area contributed by atoms with Gasteiger partial charge in [-0.3, -0.25) is 4.89 Å². The Labute approximate surface area is 122 Å². The third kappa shape index (κ3) is 6.13. The van der Waals surface area contributed by atoms with Gasteiger partial charge in [0, 0.05) is 25.6 Å². The van der Waals surface area contributed by atoms with Crippen LogP contribution in [0.5, 0.6) is 5.75 Å². The van der Waals surface area contributed by atoms with Crippen LogP contribution in [0.25, 0.3) is 0 Å². The molecule has 0 saturated carbocycles. The molecule has 6 nitrogen and oxygen atoms in total. The summed E-state index contributed by atoms with van der Waals surface area (Å²) in [5.74, 6) is -1.63. The molecule has 1 rings (SSSR count). The molecule has 0 heterocycles. The predicted octanol–water partition coefficient (Wildman–Crippen LogP) is 1.21. The summed E-state index contributed by atoms with van der Waals surface area (Å²) in [4.78, 5) is 31.0. The quantitative estimate of drug-likeness (QED) is 0.212. The monoisotopic (exact) mass is 316 g/mol. The van der Waals surface area contributed by atoms with Crippen LogP contribution >= 0.6 is 0 Å². The van der Waals surface area contributed by atoms with Crippen molar-refractivity contribution in [3.05, 3.63) is 42.5 Å². The average Bonchev–Trinajstić information content (AvgIpc) is 2.38. The number of carbonyl (C=O) groups excluding carboxylic acids is 2. The number of hydrogen-bond acceptors (Lipinski definition) is 6. The van der Waals surface area contributed by atoms with E-state index in [0.717, 1.165) is 6.08 Å². The van der Waals surface area contributed by atoms with Crippen LogP contribution in [0, 0.1) is 0 Å². The minimum atomic E-state index is -0.830. The Morgan fingerprint density at radius 3 is 2.58 bits per heavy atom. The largest absolute Gasteiger partial charge is 0.507 e. The van der Waals surface area contributed by atoms with Gasteiger partial charge in [-0.2, -0.15) is 4.89 Å². The molecule has 0 radical (unpaired) electrons. The molecule has 0 amide bonds. The second-order valence-corrected chi connectivity index (χ2v) is 3.08. The first-order valence-electron chi connectivity index (χ1n) is 5.06. The number of rotatable bonds is 6. The Morgan fingerprint density at radius 1 is 1.26 bits per heavy atom. The van der Waals surface area contributed by atoms with Crippen molar-refractivity contribution >= 4 is 11.9 Å². The van der Waals surface area contributed by atoms with Crippen LogP contribution in [0.1, 0.15) is 10.4 Å². The standard InChI is InChI=1S/C12H12O6.Zn/c1-2-11(14)16-7-8-17-18-12(15)9-5-3-4-6-10(9)13;/h2-6,13H,1,7-8H2;. The molecule has 7 heteroatoms. The van der Waals surface area contributed by atoms with E-state index < -0.39 is 11.9 Å². The van der Waals surface area contributed by atoms with Crippen molar-refractivity contribution in [1.29, 1.82) is 0 Å². The molecule has 0 aliphatic heterocycles. The van der Waals surface area contributed by atoms with E-state index in [1.165, 1.54) is 12.1 Å². The third-order valence-electron chi connectivity index (χ3n) is 1.84. The van der Waals surface area contributed by atoms with Gasteiger partial charge in [0.15, 0.2) is 0 Å².